The van der Waals surface area contributed by atoms with E-state index < -0.39 is 0 Å². The van der Waals surface area contributed by atoms with Gasteiger partial charge in [-0.2, -0.15) is 4.99 Å². The monoisotopic (exact) mass is 220 g/mol. The lowest BCUT2D eigenvalue weighted by molar-refractivity contribution is 0.565. The van der Waals surface area contributed by atoms with Crippen molar-refractivity contribution in [1.29, 1.82) is 0 Å². The number of benzene rings is 1. The number of nitrogens with zero attached hydrogens (tertiary/aromatic N) is 2. The van der Waals surface area contributed by atoms with Gasteiger partial charge in [-0.15, -0.1) is 0 Å². The minimum atomic E-state index is 0.0136. The van der Waals surface area contributed by atoms with Crippen LogP contribution in [-0.2, 0) is 11.3 Å². The number of fused-ring (bicyclic) bond motifs is 1. The Balaban J connectivity index is 2.74. The second-order valence-electron chi connectivity index (χ2n) is 2.97. The molecule has 0 fully saturated rings. The molecule has 0 saturated carbocycles. The molecule has 2 rings (SSSR count). The molecule has 76 valence electrons. The van der Waals surface area contributed by atoms with Crippen molar-refractivity contribution in [2.75, 3.05) is 0 Å². The molecule has 0 saturated heterocycles. The highest BCUT2D eigenvalue weighted by atomic mass is 32.1. The molecular formula is C10H8N2O2S. The maximum absolute atomic E-state index is 11.5. The summed E-state index contributed by atoms with van der Waals surface area (Å²) in [6.07, 6.45) is 1.48. The second kappa shape index (κ2) is 3.81. The van der Waals surface area contributed by atoms with Gasteiger partial charge in [0, 0.05) is 6.54 Å². The van der Waals surface area contributed by atoms with Crippen molar-refractivity contribution in [3.05, 3.63) is 27.9 Å². The predicted octanol–water partition coefficient (Wildman–Crippen LogP) is 2.05. The summed E-state index contributed by atoms with van der Waals surface area (Å²) < 4.78 is 2.53. The summed E-state index contributed by atoms with van der Waals surface area (Å²) in [6.45, 7) is 2.57. The van der Waals surface area contributed by atoms with Gasteiger partial charge in [-0.1, -0.05) is 11.3 Å². The molecule has 0 aliphatic heterocycles. The third-order valence-corrected chi connectivity index (χ3v) is 3.08. The van der Waals surface area contributed by atoms with Crippen molar-refractivity contribution in [2.24, 2.45) is 4.99 Å². The van der Waals surface area contributed by atoms with Crippen molar-refractivity contribution in [3.8, 4) is 0 Å². The summed E-state index contributed by atoms with van der Waals surface area (Å²) in [5.41, 5.74) is 1.42. The third-order valence-electron chi connectivity index (χ3n) is 2.14. The Kier molecular flexibility index (Phi) is 2.49. The van der Waals surface area contributed by atoms with E-state index in [1.165, 1.54) is 6.08 Å². The quantitative estimate of drug-likeness (QED) is 0.574. The SMILES string of the molecule is CCn1c(=O)sc2cc(N=C=O)ccc21. The van der Waals surface area contributed by atoms with E-state index in [-0.39, 0.29) is 4.87 Å². The first-order valence-corrected chi connectivity index (χ1v) is 5.29. The number of aryl methyl sites for hydroxylation is 1. The van der Waals surface area contributed by atoms with Gasteiger partial charge in [0.15, 0.2) is 0 Å². The van der Waals surface area contributed by atoms with E-state index in [9.17, 15) is 9.59 Å². The van der Waals surface area contributed by atoms with E-state index in [1.807, 2.05) is 6.92 Å². The van der Waals surface area contributed by atoms with E-state index in [0.29, 0.717) is 12.2 Å². The lowest BCUT2D eigenvalue weighted by Gasteiger charge is -1.97. The number of aromatic nitrogens is 1. The smallest absolute Gasteiger partial charge is 0.299 e. The number of hydrogen-bond donors (Lipinski definition) is 0. The molecule has 15 heavy (non-hydrogen) atoms. The van der Waals surface area contributed by atoms with Gasteiger partial charge in [0.25, 0.3) is 0 Å². The lowest BCUT2D eigenvalue weighted by Crippen LogP contribution is -2.10. The standard InChI is InChI=1S/C10H8N2O2S/c1-2-12-8-4-3-7(11-6-13)5-9(8)15-10(12)14/h3-5H,2H2,1H3. The van der Waals surface area contributed by atoms with Crippen LogP contribution in [0.25, 0.3) is 10.2 Å². The zero-order chi connectivity index (χ0) is 10.8. The minimum absolute atomic E-state index is 0.0136. The Labute approximate surface area is 89.5 Å². The molecule has 0 atom stereocenters. The number of rotatable bonds is 2. The average Bonchev–Trinajstić information content (AvgIpc) is 2.53. The fourth-order valence-electron chi connectivity index (χ4n) is 1.48. The van der Waals surface area contributed by atoms with Crippen LogP contribution >= 0.6 is 11.3 Å². The summed E-state index contributed by atoms with van der Waals surface area (Å²) in [5.74, 6) is 0. The number of isocyanates is 1. The maximum Gasteiger partial charge on any atom is 0.308 e. The number of thiazole rings is 1. The third kappa shape index (κ3) is 1.63. The van der Waals surface area contributed by atoms with Gasteiger partial charge < -0.3 is 0 Å². The number of hydrogen-bond acceptors (Lipinski definition) is 4. The molecule has 0 bridgehead atoms. The molecule has 1 heterocycles. The Morgan fingerprint density at radius 2 is 2.33 bits per heavy atom. The van der Waals surface area contributed by atoms with Gasteiger partial charge in [-0.05, 0) is 25.1 Å². The van der Waals surface area contributed by atoms with E-state index in [1.54, 1.807) is 22.8 Å². The van der Waals surface area contributed by atoms with Gasteiger partial charge in [0.1, 0.15) is 0 Å². The van der Waals surface area contributed by atoms with Crippen molar-refractivity contribution < 1.29 is 4.79 Å². The molecule has 0 aliphatic carbocycles. The van der Waals surface area contributed by atoms with Gasteiger partial charge in [0.2, 0.25) is 6.08 Å². The zero-order valence-corrected chi connectivity index (χ0v) is 8.87. The van der Waals surface area contributed by atoms with Crippen LogP contribution in [0.3, 0.4) is 0 Å². The van der Waals surface area contributed by atoms with Crippen LogP contribution in [0.5, 0.6) is 0 Å². The normalized spacial score (nSPS) is 10.2. The summed E-state index contributed by atoms with van der Waals surface area (Å²) in [4.78, 5) is 25.1. The van der Waals surface area contributed by atoms with Crippen LogP contribution in [-0.4, -0.2) is 10.6 Å². The highest BCUT2D eigenvalue weighted by Crippen LogP contribution is 2.23. The lowest BCUT2D eigenvalue weighted by atomic mass is 10.3. The highest BCUT2D eigenvalue weighted by molar-refractivity contribution is 7.16. The van der Waals surface area contributed by atoms with Crippen LogP contribution < -0.4 is 4.87 Å². The van der Waals surface area contributed by atoms with E-state index in [0.717, 1.165) is 21.6 Å². The molecule has 0 radical (unpaired) electrons. The molecular weight excluding hydrogens is 212 g/mol. The van der Waals surface area contributed by atoms with Crippen LogP contribution in [0, 0.1) is 0 Å². The second-order valence-corrected chi connectivity index (χ2v) is 3.96. The van der Waals surface area contributed by atoms with Crippen LogP contribution in [0.2, 0.25) is 0 Å². The topological polar surface area (TPSA) is 51.4 Å². The zero-order valence-electron chi connectivity index (χ0n) is 8.06. The summed E-state index contributed by atoms with van der Waals surface area (Å²) in [5, 5.41) is 0. The van der Waals surface area contributed by atoms with Crippen LogP contribution in [0.15, 0.2) is 28.0 Å². The molecule has 1 aromatic carbocycles. The first-order chi connectivity index (χ1) is 7.26. The Morgan fingerprint density at radius 1 is 1.53 bits per heavy atom. The fourth-order valence-corrected chi connectivity index (χ4v) is 2.46. The average molecular weight is 220 g/mol. The number of aliphatic imine (C=N–C) groups is 1. The Morgan fingerprint density at radius 3 is 3.00 bits per heavy atom. The molecule has 0 aliphatic rings. The van der Waals surface area contributed by atoms with Crippen molar-refractivity contribution in [2.45, 2.75) is 13.5 Å². The van der Waals surface area contributed by atoms with E-state index in [4.69, 9.17) is 0 Å². The van der Waals surface area contributed by atoms with Crippen molar-refractivity contribution in [3.63, 3.8) is 0 Å². The van der Waals surface area contributed by atoms with Gasteiger partial charge >= 0.3 is 4.87 Å². The molecule has 5 heteroatoms. The van der Waals surface area contributed by atoms with Crippen molar-refractivity contribution in [1.82, 2.24) is 4.57 Å². The summed E-state index contributed by atoms with van der Waals surface area (Å²) in [7, 11) is 0. The fraction of sp³-hybridized carbons (Fsp3) is 0.200. The number of carbonyl (C=O) groups excluding carboxylic acids is 1. The first-order valence-electron chi connectivity index (χ1n) is 4.47. The van der Waals surface area contributed by atoms with Crippen LogP contribution in [0.4, 0.5) is 5.69 Å². The van der Waals surface area contributed by atoms with E-state index >= 15 is 0 Å². The Bertz CT molecular complexity index is 605. The Hall–Kier alpha value is -1.71. The molecule has 1 aromatic heterocycles. The van der Waals surface area contributed by atoms with Gasteiger partial charge in [0.05, 0.1) is 15.9 Å². The largest absolute Gasteiger partial charge is 0.308 e. The highest BCUT2D eigenvalue weighted by Gasteiger charge is 2.05. The summed E-state index contributed by atoms with van der Waals surface area (Å²) >= 11 is 1.16. The molecule has 0 unspecified atom stereocenters. The molecule has 2 aromatic rings. The molecule has 0 N–H and O–H groups in total. The van der Waals surface area contributed by atoms with Crippen molar-refractivity contribution >= 4 is 33.3 Å². The molecule has 0 amide bonds. The minimum Gasteiger partial charge on any atom is -0.299 e. The first kappa shape index (κ1) is 9.83. The van der Waals surface area contributed by atoms with Crippen LogP contribution in [0.1, 0.15) is 6.92 Å². The van der Waals surface area contributed by atoms with E-state index in [2.05, 4.69) is 4.99 Å². The van der Waals surface area contributed by atoms with Gasteiger partial charge in [-0.3, -0.25) is 9.36 Å². The maximum atomic E-state index is 11.5. The predicted molar refractivity (Wildman–Crippen MR) is 59.5 cm³/mol. The summed E-state index contributed by atoms with van der Waals surface area (Å²) in [6, 6.07) is 5.22. The molecule has 4 nitrogen and oxygen atoms in total. The van der Waals surface area contributed by atoms with Gasteiger partial charge in [-0.25, -0.2) is 4.79 Å². The molecule has 0 spiro atoms.